The fraction of sp³-hybridized carbons (Fsp3) is 0.185. The van der Waals surface area contributed by atoms with Gasteiger partial charge in [0, 0.05) is 28.5 Å². The highest BCUT2D eigenvalue weighted by Gasteiger charge is 2.22. The molecule has 4 aromatic rings. The standard InChI is InChI=1S/C27H24N4O5/c1-17-18(2)31(19-9-5-4-6-10-19)26(21(17)13-28)29-24(32)16-36-25(33)15-30-14-22(27(34)35-3)20-11-7-8-12-23(20)30/h4-12,14H,15-16H2,1-3H3,(H,29,32). The molecule has 9 nitrogen and oxygen atoms in total. The summed E-state index contributed by atoms with van der Waals surface area (Å²) in [6, 6.07) is 18.6. The van der Waals surface area contributed by atoms with E-state index in [0.717, 1.165) is 16.9 Å². The zero-order chi connectivity index (χ0) is 25.8. The number of hydrogen-bond donors (Lipinski definition) is 1. The van der Waals surface area contributed by atoms with E-state index in [2.05, 4.69) is 11.4 Å². The summed E-state index contributed by atoms with van der Waals surface area (Å²) in [6.45, 7) is 2.94. The number of carbonyl (C=O) groups is 3. The highest BCUT2D eigenvalue weighted by atomic mass is 16.5. The SMILES string of the molecule is COC(=O)c1cn(CC(=O)OCC(=O)Nc2c(C#N)c(C)c(C)n2-c2ccccc2)c2ccccc12. The minimum absolute atomic E-state index is 0.202. The number of hydrogen-bond acceptors (Lipinski definition) is 6. The highest BCUT2D eigenvalue weighted by molar-refractivity contribution is 6.04. The predicted octanol–water partition coefficient (Wildman–Crippen LogP) is 3.89. The summed E-state index contributed by atoms with van der Waals surface area (Å²) >= 11 is 0. The van der Waals surface area contributed by atoms with Crippen molar-refractivity contribution >= 4 is 34.6 Å². The number of aromatic nitrogens is 2. The molecule has 0 fully saturated rings. The van der Waals surface area contributed by atoms with Gasteiger partial charge in [-0.2, -0.15) is 5.26 Å². The van der Waals surface area contributed by atoms with E-state index >= 15 is 0 Å². The number of nitriles is 1. The molecule has 0 aliphatic heterocycles. The minimum atomic E-state index is -0.659. The first-order valence-corrected chi connectivity index (χ1v) is 11.1. The van der Waals surface area contributed by atoms with E-state index in [9.17, 15) is 19.6 Å². The number of nitrogens with one attached hydrogen (secondary N) is 1. The van der Waals surface area contributed by atoms with Crippen LogP contribution in [0.3, 0.4) is 0 Å². The molecule has 0 aliphatic carbocycles. The van der Waals surface area contributed by atoms with Crippen LogP contribution in [0.1, 0.15) is 27.2 Å². The molecule has 9 heteroatoms. The van der Waals surface area contributed by atoms with Crippen LogP contribution in [0.15, 0.2) is 60.8 Å². The van der Waals surface area contributed by atoms with Crippen LogP contribution in [0, 0.1) is 25.2 Å². The van der Waals surface area contributed by atoms with Crippen molar-refractivity contribution in [3.8, 4) is 11.8 Å². The number of fused-ring (bicyclic) bond motifs is 1. The largest absolute Gasteiger partial charge is 0.465 e. The van der Waals surface area contributed by atoms with Crippen LogP contribution >= 0.6 is 0 Å². The van der Waals surface area contributed by atoms with Crippen molar-refractivity contribution in [1.82, 2.24) is 9.13 Å². The van der Waals surface area contributed by atoms with Gasteiger partial charge in [0.05, 0.1) is 18.2 Å². The molecule has 2 aromatic heterocycles. The maximum absolute atomic E-state index is 12.7. The third-order valence-corrected chi connectivity index (χ3v) is 5.96. The van der Waals surface area contributed by atoms with Crippen molar-refractivity contribution in [1.29, 1.82) is 5.26 Å². The molecule has 0 spiro atoms. The Morgan fingerprint density at radius 3 is 2.42 bits per heavy atom. The quantitative estimate of drug-likeness (QED) is 0.398. The lowest BCUT2D eigenvalue weighted by Gasteiger charge is -2.13. The van der Waals surface area contributed by atoms with Crippen molar-refractivity contribution in [2.75, 3.05) is 19.0 Å². The average Bonchev–Trinajstić information content (AvgIpc) is 3.37. The number of benzene rings is 2. The molecule has 0 unspecified atom stereocenters. The van der Waals surface area contributed by atoms with E-state index in [0.29, 0.717) is 27.8 Å². The molecule has 0 aliphatic rings. The summed E-state index contributed by atoms with van der Waals surface area (Å²) in [7, 11) is 1.29. The number of esters is 2. The van der Waals surface area contributed by atoms with Gasteiger partial charge in [0.2, 0.25) is 0 Å². The summed E-state index contributed by atoms with van der Waals surface area (Å²) in [5, 5.41) is 13.1. The summed E-state index contributed by atoms with van der Waals surface area (Å²) in [6.07, 6.45) is 1.52. The third kappa shape index (κ3) is 4.57. The fourth-order valence-corrected chi connectivity index (χ4v) is 4.11. The maximum Gasteiger partial charge on any atom is 0.340 e. The Balaban J connectivity index is 1.49. The third-order valence-electron chi connectivity index (χ3n) is 5.96. The van der Waals surface area contributed by atoms with E-state index in [-0.39, 0.29) is 6.54 Å². The van der Waals surface area contributed by atoms with Gasteiger partial charge in [0.25, 0.3) is 5.91 Å². The van der Waals surface area contributed by atoms with Gasteiger partial charge in [-0.15, -0.1) is 0 Å². The molecule has 2 heterocycles. The van der Waals surface area contributed by atoms with Gasteiger partial charge in [0.1, 0.15) is 18.4 Å². The van der Waals surface area contributed by atoms with E-state index in [4.69, 9.17) is 9.47 Å². The Bertz CT molecular complexity index is 1510. The van der Waals surface area contributed by atoms with Crippen LogP contribution in [-0.2, 0) is 25.6 Å². The number of anilines is 1. The van der Waals surface area contributed by atoms with Crippen LogP contribution in [0.4, 0.5) is 5.82 Å². The molecule has 36 heavy (non-hydrogen) atoms. The van der Waals surface area contributed by atoms with Crippen molar-refractivity contribution < 1.29 is 23.9 Å². The van der Waals surface area contributed by atoms with Gasteiger partial charge in [-0.1, -0.05) is 36.4 Å². The Kier molecular flexibility index (Phi) is 6.88. The van der Waals surface area contributed by atoms with Gasteiger partial charge in [-0.25, -0.2) is 4.79 Å². The second kappa shape index (κ2) is 10.2. The molecule has 0 radical (unpaired) electrons. The summed E-state index contributed by atoms with van der Waals surface area (Å²) in [5.41, 5.74) is 3.66. The molecule has 1 N–H and O–H groups in total. The van der Waals surface area contributed by atoms with Crippen molar-refractivity contribution in [3.05, 3.63) is 83.2 Å². The molecule has 4 rings (SSSR count). The average molecular weight is 485 g/mol. The van der Waals surface area contributed by atoms with E-state index in [1.54, 1.807) is 33.4 Å². The molecule has 0 saturated carbocycles. The maximum atomic E-state index is 12.7. The van der Waals surface area contributed by atoms with Crippen LogP contribution in [0.2, 0.25) is 0 Å². The smallest absolute Gasteiger partial charge is 0.340 e. The van der Waals surface area contributed by atoms with Crippen molar-refractivity contribution in [2.45, 2.75) is 20.4 Å². The number of carbonyl (C=O) groups excluding carboxylic acids is 3. The van der Waals surface area contributed by atoms with Crippen LogP contribution < -0.4 is 5.32 Å². The molecule has 182 valence electrons. The number of methoxy groups -OCH3 is 1. The zero-order valence-electron chi connectivity index (χ0n) is 20.1. The molecule has 0 bridgehead atoms. The zero-order valence-corrected chi connectivity index (χ0v) is 20.1. The number of nitrogens with zero attached hydrogens (tertiary/aromatic N) is 3. The summed E-state index contributed by atoms with van der Waals surface area (Å²) < 4.78 is 13.4. The number of rotatable bonds is 7. The van der Waals surface area contributed by atoms with Crippen molar-refractivity contribution in [3.63, 3.8) is 0 Å². The molecule has 1 amide bonds. The lowest BCUT2D eigenvalue weighted by molar-refractivity contribution is -0.147. The summed E-state index contributed by atoms with van der Waals surface area (Å²) in [4.78, 5) is 37.3. The second-order valence-electron chi connectivity index (χ2n) is 8.11. The second-order valence-corrected chi connectivity index (χ2v) is 8.11. The molecular weight excluding hydrogens is 460 g/mol. The first-order valence-electron chi connectivity index (χ1n) is 11.1. The fourth-order valence-electron chi connectivity index (χ4n) is 4.11. The van der Waals surface area contributed by atoms with Crippen LogP contribution in [-0.4, -0.2) is 40.7 Å². The summed E-state index contributed by atoms with van der Waals surface area (Å²) in [5.74, 6) is -1.44. The molecular formula is C27H24N4O5. The normalized spacial score (nSPS) is 10.6. The monoisotopic (exact) mass is 484 g/mol. The molecule has 0 saturated heterocycles. The Morgan fingerprint density at radius 2 is 1.72 bits per heavy atom. The Hall–Kier alpha value is -4.84. The number of amides is 1. The number of para-hydroxylation sites is 2. The lowest BCUT2D eigenvalue weighted by Crippen LogP contribution is -2.24. The Labute approximate surface area is 207 Å². The van der Waals surface area contributed by atoms with E-state index < -0.39 is 24.5 Å². The highest BCUT2D eigenvalue weighted by Crippen LogP contribution is 2.30. The lowest BCUT2D eigenvalue weighted by atomic mass is 10.2. The Morgan fingerprint density at radius 1 is 1.03 bits per heavy atom. The van der Waals surface area contributed by atoms with Crippen LogP contribution in [0.5, 0.6) is 0 Å². The van der Waals surface area contributed by atoms with Gasteiger partial charge in [0.15, 0.2) is 6.61 Å². The van der Waals surface area contributed by atoms with E-state index in [1.165, 1.54) is 13.3 Å². The van der Waals surface area contributed by atoms with Crippen molar-refractivity contribution in [2.24, 2.45) is 0 Å². The topological polar surface area (TPSA) is 115 Å². The van der Waals surface area contributed by atoms with Gasteiger partial charge in [-0.05, 0) is 37.6 Å². The predicted molar refractivity (Wildman–Crippen MR) is 133 cm³/mol. The first-order chi connectivity index (χ1) is 17.3. The van der Waals surface area contributed by atoms with Crippen LogP contribution in [0.25, 0.3) is 16.6 Å². The van der Waals surface area contributed by atoms with Gasteiger partial charge < -0.3 is 19.4 Å². The molecule has 2 aromatic carbocycles. The van der Waals surface area contributed by atoms with Gasteiger partial charge in [-0.3, -0.25) is 14.2 Å². The van der Waals surface area contributed by atoms with Gasteiger partial charge >= 0.3 is 11.9 Å². The minimum Gasteiger partial charge on any atom is -0.465 e. The van der Waals surface area contributed by atoms with E-state index in [1.807, 2.05) is 44.2 Å². The first kappa shape index (κ1) is 24.3. The number of ether oxygens (including phenoxy) is 2. The molecule has 0 atom stereocenters.